The quantitative estimate of drug-likeness (QED) is 0.190. The van der Waals surface area contributed by atoms with E-state index in [0.717, 1.165) is 10.8 Å². The summed E-state index contributed by atoms with van der Waals surface area (Å²) in [4.78, 5) is 51.4. The average molecular weight is 502 g/mol. The van der Waals surface area contributed by atoms with Crippen LogP contribution in [0.5, 0.6) is 0 Å². The van der Waals surface area contributed by atoms with E-state index in [4.69, 9.17) is 19.7 Å². The fraction of sp³-hybridized carbons (Fsp3) is 0.579. The van der Waals surface area contributed by atoms with Crippen LogP contribution in [0.15, 0.2) is 31.6 Å². The Morgan fingerprint density at radius 1 is 0.800 bits per heavy atom. The van der Waals surface area contributed by atoms with Crippen molar-refractivity contribution in [2.75, 3.05) is 13.2 Å². The lowest BCUT2D eigenvalue weighted by Gasteiger charge is -2.14. The molecular formula is C19H26N4O12. The lowest BCUT2D eigenvalue weighted by molar-refractivity contribution is -0.0233. The third kappa shape index (κ3) is 5.34. The molecule has 4 rings (SSSR count). The molecule has 0 unspecified atom stereocenters. The maximum absolute atomic E-state index is 11.6. The summed E-state index contributed by atoms with van der Waals surface area (Å²) in [5, 5.41) is 56.4. The van der Waals surface area contributed by atoms with E-state index in [1.54, 1.807) is 0 Å². The van der Waals surface area contributed by atoms with E-state index in [-0.39, 0.29) is 11.1 Å². The minimum atomic E-state index is -1.33. The van der Waals surface area contributed by atoms with Crippen LogP contribution in [0.2, 0.25) is 0 Å². The summed E-state index contributed by atoms with van der Waals surface area (Å²) in [7, 11) is 1.43. The van der Waals surface area contributed by atoms with E-state index >= 15 is 0 Å². The predicted molar refractivity (Wildman–Crippen MR) is 113 cm³/mol. The number of hydrogen-bond donors (Lipinski definition) is 9. The molecule has 0 aromatic carbocycles. The second kappa shape index (κ2) is 10.8. The smallest absolute Gasteiger partial charge is 0.328 e. The normalized spacial score (nSPS) is 32.3. The van der Waals surface area contributed by atoms with Crippen LogP contribution in [0.25, 0.3) is 0 Å². The Bertz CT molecular complexity index is 1250. The van der Waals surface area contributed by atoms with Gasteiger partial charge in [-0.1, -0.05) is 0 Å². The van der Waals surface area contributed by atoms with Gasteiger partial charge in [0.1, 0.15) is 48.8 Å². The minimum Gasteiger partial charge on any atom is -0.394 e. The van der Waals surface area contributed by atoms with Crippen molar-refractivity contribution in [1.82, 2.24) is 19.5 Å². The first kappa shape index (κ1) is 26.6. The van der Waals surface area contributed by atoms with E-state index < -0.39 is 84.5 Å². The van der Waals surface area contributed by atoms with Gasteiger partial charge in [-0.05, 0) is 0 Å². The molecule has 2 aliphatic rings. The molecule has 0 radical (unpaired) electrons. The van der Waals surface area contributed by atoms with Crippen molar-refractivity contribution in [3.05, 3.63) is 65.2 Å². The molecule has 2 aromatic heterocycles. The van der Waals surface area contributed by atoms with Crippen LogP contribution in [0.3, 0.4) is 0 Å². The third-order valence-electron chi connectivity index (χ3n) is 5.68. The molecule has 194 valence electrons. The van der Waals surface area contributed by atoms with Crippen LogP contribution in [-0.4, -0.2) is 100.0 Å². The summed E-state index contributed by atoms with van der Waals surface area (Å²) in [5.74, 6) is 0. The van der Waals surface area contributed by atoms with Crippen LogP contribution < -0.4 is 22.5 Å². The highest BCUT2D eigenvalue weighted by Crippen LogP contribution is 2.32. The van der Waals surface area contributed by atoms with E-state index in [9.17, 15) is 39.6 Å². The molecule has 9 N–H and O–H groups in total. The summed E-state index contributed by atoms with van der Waals surface area (Å²) < 4.78 is 11.5. The summed E-state index contributed by atoms with van der Waals surface area (Å²) >= 11 is 0. The SMILES string of the molecule is Cn1cc([C@@H]2O[C@H](CO)[C@@H](O)[C@H]2O)c(=O)[nH]c1=O.O=c1[nH]cc([C@@H]2O[C@H](CO)[C@@H](O)[C@H]2O)c(=O)[nH]1. The molecule has 8 atom stereocenters. The van der Waals surface area contributed by atoms with Gasteiger partial charge in [0.25, 0.3) is 11.1 Å². The van der Waals surface area contributed by atoms with Gasteiger partial charge in [-0.15, -0.1) is 0 Å². The van der Waals surface area contributed by atoms with Gasteiger partial charge < -0.3 is 49.7 Å². The molecule has 0 spiro atoms. The number of H-pyrrole nitrogens is 3. The molecule has 2 aromatic rings. The minimum absolute atomic E-state index is 0.00731. The Morgan fingerprint density at radius 3 is 1.74 bits per heavy atom. The number of hydrogen-bond acceptors (Lipinski definition) is 12. The Hall–Kier alpha value is -2.96. The van der Waals surface area contributed by atoms with Gasteiger partial charge in [-0.2, -0.15) is 0 Å². The summed E-state index contributed by atoms with van der Waals surface area (Å²) in [6.45, 7) is -0.950. The van der Waals surface area contributed by atoms with Gasteiger partial charge in [0, 0.05) is 19.4 Å². The number of aliphatic hydroxyl groups excluding tert-OH is 6. The zero-order chi connectivity index (χ0) is 26.0. The zero-order valence-corrected chi connectivity index (χ0v) is 18.3. The van der Waals surface area contributed by atoms with E-state index in [2.05, 4.69) is 9.97 Å². The first-order chi connectivity index (χ1) is 16.5. The number of aryl methyl sites for hydroxylation is 1. The highest BCUT2D eigenvalue weighted by Gasteiger charge is 2.45. The molecule has 2 saturated heterocycles. The monoisotopic (exact) mass is 502 g/mol. The summed E-state index contributed by atoms with van der Waals surface area (Å²) in [6, 6.07) is 0. The zero-order valence-electron chi connectivity index (χ0n) is 18.3. The Labute approximate surface area is 194 Å². The van der Waals surface area contributed by atoms with Crippen molar-refractivity contribution in [2.24, 2.45) is 7.05 Å². The van der Waals surface area contributed by atoms with Crippen LogP contribution in [0.1, 0.15) is 23.3 Å². The highest BCUT2D eigenvalue weighted by molar-refractivity contribution is 5.14. The van der Waals surface area contributed by atoms with Crippen molar-refractivity contribution >= 4 is 0 Å². The molecule has 0 bridgehead atoms. The maximum Gasteiger partial charge on any atom is 0.328 e. The van der Waals surface area contributed by atoms with Crippen molar-refractivity contribution in [2.45, 2.75) is 48.8 Å². The molecule has 0 saturated carbocycles. The van der Waals surface area contributed by atoms with Gasteiger partial charge in [-0.3, -0.25) is 19.6 Å². The van der Waals surface area contributed by atoms with Gasteiger partial charge in [0.05, 0.1) is 24.3 Å². The number of rotatable bonds is 4. The maximum atomic E-state index is 11.6. The molecule has 2 fully saturated rings. The van der Waals surface area contributed by atoms with Crippen molar-refractivity contribution in [3.63, 3.8) is 0 Å². The van der Waals surface area contributed by atoms with Crippen LogP contribution in [0, 0.1) is 0 Å². The molecule has 0 amide bonds. The van der Waals surface area contributed by atoms with Gasteiger partial charge in [0.2, 0.25) is 0 Å². The summed E-state index contributed by atoms with van der Waals surface area (Å²) in [5.41, 5.74) is -2.63. The number of nitrogens with one attached hydrogen (secondary N) is 3. The lowest BCUT2D eigenvalue weighted by atomic mass is 10.0. The van der Waals surface area contributed by atoms with Crippen LogP contribution >= 0.6 is 0 Å². The number of aromatic amines is 3. The summed E-state index contributed by atoms with van der Waals surface area (Å²) in [6.07, 6.45) is -6.95. The second-order valence-electron chi connectivity index (χ2n) is 8.00. The van der Waals surface area contributed by atoms with E-state index in [1.807, 2.05) is 4.98 Å². The molecule has 16 nitrogen and oxygen atoms in total. The predicted octanol–water partition coefficient (Wildman–Crippen LogP) is -5.56. The number of aliphatic hydroxyl groups is 6. The van der Waals surface area contributed by atoms with E-state index in [1.165, 1.54) is 13.2 Å². The molecule has 16 heteroatoms. The first-order valence-corrected chi connectivity index (χ1v) is 10.4. The first-order valence-electron chi connectivity index (χ1n) is 10.4. The van der Waals surface area contributed by atoms with E-state index in [0.29, 0.717) is 0 Å². The molecule has 35 heavy (non-hydrogen) atoms. The van der Waals surface area contributed by atoms with Crippen molar-refractivity contribution < 1.29 is 40.1 Å². The van der Waals surface area contributed by atoms with Crippen molar-refractivity contribution in [3.8, 4) is 0 Å². The fourth-order valence-corrected chi connectivity index (χ4v) is 3.73. The standard InChI is InChI=1S/C10H14N2O6.C9H12N2O6/c1-12-2-4(9(16)11-10(12)17)8-7(15)6(14)5(3-13)18-8;12-2-4-5(13)6(14)7(17-4)3-1-10-9(16)11-8(3)15/h2,5-8,13-15H,3H2,1H3,(H,11,16,17);1,4-7,12-14H,2H2,(H2,10,11,15,16)/t5-,6-,7-,8+;4-,5-,6-,7+/m11/s1. The van der Waals surface area contributed by atoms with Crippen molar-refractivity contribution in [1.29, 1.82) is 0 Å². The largest absolute Gasteiger partial charge is 0.394 e. The van der Waals surface area contributed by atoms with Gasteiger partial charge in [0.15, 0.2) is 0 Å². The van der Waals surface area contributed by atoms with Crippen LogP contribution in [0.4, 0.5) is 0 Å². The Kier molecular flexibility index (Phi) is 8.18. The third-order valence-corrected chi connectivity index (χ3v) is 5.68. The second-order valence-corrected chi connectivity index (χ2v) is 8.00. The number of ether oxygens (including phenoxy) is 2. The lowest BCUT2D eigenvalue weighted by Crippen LogP contribution is -2.35. The molecule has 4 heterocycles. The highest BCUT2D eigenvalue weighted by atomic mass is 16.6. The number of aromatic nitrogens is 4. The average Bonchev–Trinajstić information content (AvgIpc) is 3.26. The molecule has 0 aliphatic carbocycles. The molecule has 2 aliphatic heterocycles. The Morgan fingerprint density at radius 2 is 1.29 bits per heavy atom. The van der Waals surface area contributed by atoms with Crippen LogP contribution in [-0.2, 0) is 16.5 Å². The molecular weight excluding hydrogens is 476 g/mol. The Balaban J connectivity index is 0.000000196. The van der Waals surface area contributed by atoms with Gasteiger partial charge in [-0.25, -0.2) is 9.59 Å². The number of nitrogens with zero attached hydrogens (tertiary/aromatic N) is 1. The topological polar surface area (TPSA) is 260 Å². The fourth-order valence-electron chi connectivity index (χ4n) is 3.73. The van der Waals surface area contributed by atoms with Gasteiger partial charge >= 0.3 is 11.4 Å².